The molecule has 0 saturated carbocycles. The maximum absolute atomic E-state index is 12.3. The molecule has 4 heteroatoms. The molecule has 2 atom stereocenters. The fourth-order valence-corrected chi connectivity index (χ4v) is 2.21. The topological polar surface area (TPSA) is 55.6 Å². The van der Waals surface area contributed by atoms with Crippen LogP contribution in [0.1, 0.15) is 25.5 Å². The van der Waals surface area contributed by atoms with Gasteiger partial charge in [0, 0.05) is 6.54 Å². The number of morpholine rings is 1. The van der Waals surface area contributed by atoms with Crippen LogP contribution in [-0.2, 0) is 9.53 Å². The number of hydrogen-bond acceptors (Lipinski definition) is 3. The third-order valence-electron chi connectivity index (χ3n) is 3.55. The van der Waals surface area contributed by atoms with Crippen LogP contribution in [0.5, 0.6) is 0 Å². The molecule has 19 heavy (non-hydrogen) atoms. The van der Waals surface area contributed by atoms with Gasteiger partial charge in [-0.05, 0) is 11.5 Å². The zero-order valence-electron chi connectivity index (χ0n) is 11.6. The Balaban J connectivity index is 2.03. The largest absolute Gasteiger partial charge is 0.370 e. The second-order valence-electron chi connectivity index (χ2n) is 5.32. The highest BCUT2D eigenvalue weighted by Gasteiger charge is 2.29. The summed E-state index contributed by atoms with van der Waals surface area (Å²) >= 11 is 0. The number of ether oxygens (including phenoxy) is 1. The first-order valence-corrected chi connectivity index (χ1v) is 6.80. The maximum Gasteiger partial charge on any atom is 0.239 e. The first-order valence-electron chi connectivity index (χ1n) is 6.80. The summed E-state index contributed by atoms with van der Waals surface area (Å²) in [4.78, 5) is 14.1. The van der Waals surface area contributed by atoms with E-state index in [0.29, 0.717) is 19.7 Å². The quantitative estimate of drug-likeness (QED) is 0.899. The monoisotopic (exact) mass is 262 g/mol. The molecule has 0 radical (unpaired) electrons. The highest BCUT2D eigenvalue weighted by atomic mass is 16.5. The fourth-order valence-electron chi connectivity index (χ4n) is 2.21. The average Bonchev–Trinajstić information content (AvgIpc) is 2.46. The molecule has 0 aromatic heterocycles. The predicted octanol–water partition coefficient (Wildman–Crippen LogP) is 1.57. The zero-order chi connectivity index (χ0) is 13.8. The van der Waals surface area contributed by atoms with Gasteiger partial charge in [0.1, 0.15) is 6.10 Å². The Bertz CT molecular complexity index is 419. The Kier molecular flexibility index (Phi) is 4.56. The van der Waals surface area contributed by atoms with Crippen molar-refractivity contribution in [3.63, 3.8) is 0 Å². The van der Waals surface area contributed by atoms with Crippen molar-refractivity contribution in [3.8, 4) is 0 Å². The fraction of sp³-hybridized carbons (Fsp3) is 0.533. The van der Waals surface area contributed by atoms with Gasteiger partial charge in [-0.3, -0.25) is 4.79 Å². The molecule has 1 fully saturated rings. The Morgan fingerprint density at radius 3 is 2.68 bits per heavy atom. The maximum atomic E-state index is 12.3. The molecule has 1 aliphatic heterocycles. The minimum Gasteiger partial charge on any atom is -0.370 e. The normalized spacial score (nSPS) is 21.5. The highest BCUT2D eigenvalue weighted by molar-refractivity contribution is 5.82. The third-order valence-corrected chi connectivity index (χ3v) is 3.55. The van der Waals surface area contributed by atoms with E-state index >= 15 is 0 Å². The van der Waals surface area contributed by atoms with Crippen molar-refractivity contribution >= 4 is 5.91 Å². The summed E-state index contributed by atoms with van der Waals surface area (Å²) in [7, 11) is 0. The average molecular weight is 262 g/mol. The number of nitrogens with zero attached hydrogens (tertiary/aromatic N) is 1. The molecule has 1 saturated heterocycles. The van der Waals surface area contributed by atoms with Gasteiger partial charge in [0.15, 0.2) is 0 Å². The lowest BCUT2D eigenvalue weighted by Gasteiger charge is -2.35. The van der Waals surface area contributed by atoms with E-state index in [9.17, 15) is 4.79 Å². The van der Waals surface area contributed by atoms with Gasteiger partial charge in [0.2, 0.25) is 5.91 Å². The van der Waals surface area contributed by atoms with Crippen LogP contribution >= 0.6 is 0 Å². The predicted molar refractivity (Wildman–Crippen MR) is 74.5 cm³/mol. The molecular weight excluding hydrogens is 240 g/mol. The van der Waals surface area contributed by atoms with Crippen LogP contribution in [0.25, 0.3) is 0 Å². The number of nitrogens with two attached hydrogens (primary N) is 1. The van der Waals surface area contributed by atoms with Gasteiger partial charge in [-0.15, -0.1) is 0 Å². The van der Waals surface area contributed by atoms with Gasteiger partial charge in [-0.25, -0.2) is 0 Å². The lowest BCUT2D eigenvalue weighted by atomic mass is 10.0. The number of rotatable bonds is 3. The molecule has 0 aliphatic carbocycles. The summed E-state index contributed by atoms with van der Waals surface area (Å²) in [6.07, 6.45) is -0.0433. The minimum atomic E-state index is -0.422. The first kappa shape index (κ1) is 14.0. The summed E-state index contributed by atoms with van der Waals surface area (Å²) in [6.45, 7) is 5.72. The van der Waals surface area contributed by atoms with Crippen LogP contribution in [0.4, 0.5) is 0 Å². The van der Waals surface area contributed by atoms with Crippen LogP contribution in [0.2, 0.25) is 0 Å². The van der Waals surface area contributed by atoms with Crippen LogP contribution in [-0.4, -0.2) is 36.5 Å². The van der Waals surface area contributed by atoms with E-state index in [1.165, 1.54) is 0 Å². The molecule has 4 nitrogen and oxygen atoms in total. The highest BCUT2D eigenvalue weighted by Crippen LogP contribution is 2.22. The van der Waals surface area contributed by atoms with Gasteiger partial charge in [0.25, 0.3) is 0 Å². The van der Waals surface area contributed by atoms with Crippen molar-refractivity contribution < 1.29 is 9.53 Å². The summed E-state index contributed by atoms with van der Waals surface area (Å²) in [5.41, 5.74) is 7.05. The summed E-state index contributed by atoms with van der Waals surface area (Å²) in [5.74, 6) is 0.185. The zero-order valence-corrected chi connectivity index (χ0v) is 11.6. The Hall–Kier alpha value is -1.39. The molecule has 2 N–H and O–H groups in total. The van der Waals surface area contributed by atoms with E-state index < -0.39 is 6.04 Å². The lowest BCUT2D eigenvalue weighted by molar-refractivity contribution is -0.141. The molecule has 0 spiro atoms. The van der Waals surface area contributed by atoms with Gasteiger partial charge >= 0.3 is 0 Å². The molecule has 1 aromatic rings. The standard InChI is InChI=1S/C15H22N2O2/c1-11(2)14(16)15(18)17-8-9-19-13(10-17)12-6-4-3-5-7-12/h3-7,11,13-14H,8-10,16H2,1-2H3. The first-order chi connectivity index (χ1) is 9.09. The van der Waals surface area contributed by atoms with E-state index in [2.05, 4.69) is 0 Å². The van der Waals surface area contributed by atoms with E-state index in [4.69, 9.17) is 10.5 Å². The summed E-state index contributed by atoms with van der Waals surface area (Å²) in [5, 5.41) is 0. The number of carbonyl (C=O) groups excluding carboxylic acids is 1. The molecular formula is C15H22N2O2. The van der Waals surface area contributed by atoms with Gasteiger partial charge < -0.3 is 15.4 Å². The molecule has 0 bridgehead atoms. The minimum absolute atomic E-state index is 0.0271. The second-order valence-corrected chi connectivity index (χ2v) is 5.32. The molecule has 1 heterocycles. The van der Waals surface area contributed by atoms with E-state index in [1.807, 2.05) is 49.1 Å². The summed E-state index contributed by atoms with van der Waals surface area (Å²) < 4.78 is 5.75. The number of amides is 1. The van der Waals surface area contributed by atoms with Crippen molar-refractivity contribution in [2.75, 3.05) is 19.7 Å². The lowest BCUT2D eigenvalue weighted by Crippen LogP contribution is -2.51. The molecule has 1 aromatic carbocycles. The van der Waals surface area contributed by atoms with Gasteiger partial charge in [-0.1, -0.05) is 44.2 Å². The van der Waals surface area contributed by atoms with Crippen LogP contribution in [0.3, 0.4) is 0 Å². The van der Waals surface area contributed by atoms with Crippen molar-refractivity contribution in [2.45, 2.75) is 26.0 Å². The molecule has 104 valence electrons. The smallest absolute Gasteiger partial charge is 0.239 e. The van der Waals surface area contributed by atoms with Gasteiger partial charge in [0.05, 0.1) is 19.2 Å². The van der Waals surface area contributed by atoms with Crippen LogP contribution < -0.4 is 5.73 Å². The van der Waals surface area contributed by atoms with Gasteiger partial charge in [-0.2, -0.15) is 0 Å². The van der Waals surface area contributed by atoms with E-state index in [0.717, 1.165) is 5.56 Å². The number of hydrogen-bond donors (Lipinski definition) is 1. The molecule has 1 amide bonds. The molecule has 2 rings (SSSR count). The van der Waals surface area contributed by atoms with Crippen molar-refractivity contribution in [1.29, 1.82) is 0 Å². The molecule has 1 aliphatic rings. The van der Waals surface area contributed by atoms with Crippen molar-refractivity contribution in [2.24, 2.45) is 11.7 Å². The second kappa shape index (κ2) is 6.17. The number of carbonyl (C=O) groups is 1. The van der Waals surface area contributed by atoms with E-state index in [-0.39, 0.29) is 17.9 Å². The third kappa shape index (κ3) is 3.33. The Morgan fingerprint density at radius 2 is 2.05 bits per heavy atom. The van der Waals surface area contributed by atoms with Crippen molar-refractivity contribution in [3.05, 3.63) is 35.9 Å². The Labute approximate surface area is 114 Å². The van der Waals surface area contributed by atoms with Crippen LogP contribution in [0.15, 0.2) is 30.3 Å². The van der Waals surface area contributed by atoms with E-state index in [1.54, 1.807) is 0 Å². The summed E-state index contributed by atoms with van der Waals surface area (Å²) in [6, 6.07) is 9.58. The molecule has 2 unspecified atom stereocenters. The van der Waals surface area contributed by atoms with Crippen LogP contribution in [0, 0.1) is 5.92 Å². The number of benzene rings is 1. The Morgan fingerprint density at radius 1 is 1.37 bits per heavy atom. The van der Waals surface area contributed by atoms with Crippen molar-refractivity contribution in [1.82, 2.24) is 4.90 Å². The SMILES string of the molecule is CC(C)C(N)C(=O)N1CCOC(c2ccccc2)C1.